The summed E-state index contributed by atoms with van der Waals surface area (Å²) in [5, 5.41) is 11.0. The molecule has 0 spiro atoms. The van der Waals surface area contributed by atoms with Gasteiger partial charge < -0.3 is 9.64 Å². The van der Waals surface area contributed by atoms with Gasteiger partial charge >= 0.3 is 5.69 Å². The maximum Gasteiger partial charge on any atom is 0.311 e. The van der Waals surface area contributed by atoms with Gasteiger partial charge in [-0.15, -0.1) is 0 Å². The summed E-state index contributed by atoms with van der Waals surface area (Å²) in [6, 6.07) is 4.65. The Balaban J connectivity index is 2.29. The topological polar surface area (TPSA) is 72.7 Å². The zero-order chi connectivity index (χ0) is 15.6. The third kappa shape index (κ3) is 3.51. The Morgan fingerprint density at radius 1 is 1.48 bits per heavy atom. The van der Waals surface area contributed by atoms with Crippen molar-refractivity contribution in [2.24, 2.45) is 5.92 Å². The monoisotopic (exact) mass is 292 g/mol. The number of carbonyl (C=O) groups is 1. The van der Waals surface area contributed by atoms with Crippen molar-refractivity contribution < 1.29 is 14.5 Å². The molecule has 1 aromatic carbocycles. The number of hydrogen-bond donors (Lipinski definition) is 0. The van der Waals surface area contributed by atoms with Crippen molar-refractivity contribution in [2.45, 2.75) is 32.7 Å². The standard InChI is InChI=1S/C15H20N2O4/c1-10(2)9-16(12-5-6-12)15(18)11-4-7-14(21-3)13(8-11)17(19)20/h4,7-8,10,12H,5-6,9H2,1-3H3. The smallest absolute Gasteiger partial charge is 0.311 e. The van der Waals surface area contributed by atoms with Crippen LogP contribution in [0.15, 0.2) is 18.2 Å². The molecule has 1 saturated carbocycles. The van der Waals surface area contributed by atoms with Gasteiger partial charge in [-0.3, -0.25) is 14.9 Å². The van der Waals surface area contributed by atoms with Crippen LogP contribution in [0.1, 0.15) is 37.0 Å². The lowest BCUT2D eigenvalue weighted by atomic mass is 10.1. The summed E-state index contributed by atoms with van der Waals surface area (Å²) in [5.41, 5.74) is 0.165. The van der Waals surface area contributed by atoms with Crippen LogP contribution in [0, 0.1) is 16.0 Å². The van der Waals surface area contributed by atoms with Crippen molar-refractivity contribution >= 4 is 11.6 Å². The van der Waals surface area contributed by atoms with Gasteiger partial charge in [-0.05, 0) is 30.9 Å². The highest BCUT2D eigenvalue weighted by Gasteiger charge is 2.34. The number of rotatable bonds is 6. The second kappa shape index (κ2) is 6.11. The first-order chi connectivity index (χ1) is 9.93. The van der Waals surface area contributed by atoms with Crippen LogP contribution in [0.3, 0.4) is 0 Å². The first kappa shape index (κ1) is 15.3. The number of carbonyl (C=O) groups excluding carboxylic acids is 1. The van der Waals surface area contributed by atoms with Crippen molar-refractivity contribution in [3.05, 3.63) is 33.9 Å². The van der Waals surface area contributed by atoms with Gasteiger partial charge in [-0.2, -0.15) is 0 Å². The molecule has 0 atom stereocenters. The molecule has 2 rings (SSSR count). The summed E-state index contributed by atoms with van der Waals surface area (Å²) in [7, 11) is 1.37. The number of nitro benzene ring substituents is 1. The summed E-state index contributed by atoms with van der Waals surface area (Å²) < 4.78 is 4.96. The zero-order valence-electron chi connectivity index (χ0n) is 12.5. The Kier molecular flexibility index (Phi) is 4.45. The van der Waals surface area contributed by atoms with Gasteiger partial charge in [0.15, 0.2) is 5.75 Å². The number of benzene rings is 1. The van der Waals surface area contributed by atoms with Crippen LogP contribution < -0.4 is 4.74 Å². The van der Waals surface area contributed by atoms with Gasteiger partial charge in [0.25, 0.3) is 5.91 Å². The fourth-order valence-electron chi connectivity index (χ4n) is 2.31. The number of nitro groups is 1. The maximum atomic E-state index is 12.6. The van der Waals surface area contributed by atoms with E-state index in [-0.39, 0.29) is 23.4 Å². The van der Waals surface area contributed by atoms with Crippen LogP contribution >= 0.6 is 0 Å². The molecule has 0 N–H and O–H groups in total. The Morgan fingerprint density at radius 2 is 2.14 bits per heavy atom. The van der Waals surface area contributed by atoms with E-state index in [2.05, 4.69) is 13.8 Å². The van der Waals surface area contributed by atoms with Crippen molar-refractivity contribution in [2.75, 3.05) is 13.7 Å². The van der Waals surface area contributed by atoms with E-state index in [1.807, 2.05) is 4.90 Å². The van der Waals surface area contributed by atoms with E-state index in [9.17, 15) is 14.9 Å². The molecular formula is C15H20N2O4. The predicted octanol–water partition coefficient (Wildman–Crippen LogP) is 2.86. The zero-order valence-corrected chi connectivity index (χ0v) is 12.5. The SMILES string of the molecule is COc1ccc(C(=O)N(CC(C)C)C2CC2)cc1[N+](=O)[O-]. The van der Waals surface area contributed by atoms with Crippen LogP contribution in [-0.4, -0.2) is 35.4 Å². The number of ether oxygens (including phenoxy) is 1. The van der Waals surface area contributed by atoms with E-state index in [1.165, 1.54) is 19.2 Å². The first-order valence-corrected chi connectivity index (χ1v) is 7.07. The molecule has 0 aliphatic heterocycles. The van der Waals surface area contributed by atoms with Crippen LogP contribution in [0.5, 0.6) is 5.75 Å². The Bertz CT molecular complexity index is 553. The molecule has 1 amide bonds. The molecule has 6 heteroatoms. The average molecular weight is 292 g/mol. The molecule has 0 unspecified atom stereocenters. The van der Waals surface area contributed by atoms with Crippen LogP contribution in [0.2, 0.25) is 0 Å². The second-order valence-electron chi connectivity index (χ2n) is 5.73. The first-order valence-electron chi connectivity index (χ1n) is 7.07. The van der Waals surface area contributed by atoms with E-state index < -0.39 is 4.92 Å². The molecule has 0 heterocycles. The molecule has 0 saturated heterocycles. The van der Waals surface area contributed by atoms with E-state index in [0.717, 1.165) is 12.8 Å². The van der Waals surface area contributed by atoms with E-state index in [4.69, 9.17) is 4.74 Å². The van der Waals surface area contributed by atoms with Crippen molar-refractivity contribution in [1.29, 1.82) is 0 Å². The molecule has 0 radical (unpaired) electrons. The molecule has 1 aliphatic carbocycles. The van der Waals surface area contributed by atoms with Crippen LogP contribution in [-0.2, 0) is 0 Å². The van der Waals surface area contributed by atoms with Gasteiger partial charge in [0.1, 0.15) is 0 Å². The van der Waals surface area contributed by atoms with Crippen molar-refractivity contribution in [3.8, 4) is 5.75 Å². The number of hydrogen-bond acceptors (Lipinski definition) is 4. The Hall–Kier alpha value is -2.11. The quantitative estimate of drug-likeness (QED) is 0.597. The van der Waals surface area contributed by atoms with Crippen LogP contribution in [0.25, 0.3) is 0 Å². The summed E-state index contributed by atoms with van der Waals surface area (Å²) in [4.78, 5) is 25.0. The molecule has 21 heavy (non-hydrogen) atoms. The third-order valence-corrected chi connectivity index (χ3v) is 3.43. The Morgan fingerprint density at radius 3 is 2.62 bits per heavy atom. The third-order valence-electron chi connectivity index (χ3n) is 3.43. The highest BCUT2D eigenvalue weighted by atomic mass is 16.6. The fraction of sp³-hybridized carbons (Fsp3) is 0.533. The minimum Gasteiger partial charge on any atom is -0.490 e. The van der Waals surface area contributed by atoms with Gasteiger partial charge in [-0.1, -0.05) is 13.8 Å². The predicted molar refractivity (Wildman–Crippen MR) is 78.5 cm³/mol. The molecule has 0 aromatic heterocycles. The summed E-state index contributed by atoms with van der Waals surface area (Å²) in [6.07, 6.45) is 2.02. The summed E-state index contributed by atoms with van der Waals surface area (Å²) in [6.45, 7) is 4.78. The number of nitrogens with zero attached hydrogens (tertiary/aromatic N) is 2. The minimum atomic E-state index is -0.528. The lowest BCUT2D eigenvalue weighted by Gasteiger charge is -2.24. The highest BCUT2D eigenvalue weighted by molar-refractivity contribution is 5.95. The van der Waals surface area contributed by atoms with Crippen LogP contribution in [0.4, 0.5) is 5.69 Å². The van der Waals surface area contributed by atoms with E-state index in [1.54, 1.807) is 6.07 Å². The Labute approximate surface area is 123 Å². The van der Waals surface area contributed by atoms with E-state index in [0.29, 0.717) is 18.0 Å². The summed E-state index contributed by atoms with van der Waals surface area (Å²) in [5.74, 6) is 0.387. The molecule has 1 aromatic rings. The number of amides is 1. The normalized spacial score (nSPS) is 14.1. The van der Waals surface area contributed by atoms with Gasteiger partial charge in [0.05, 0.1) is 12.0 Å². The fourth-order valence-corrected chi connectivity index (χ4v) is 2.31. The number of methoxy groups -OCH3 is 1. The van der Waals surface area contributed by atoms with Crippen molar-refractivity contribution in [1.82, 2.24) is 4.90 Å². The largest absolute Gasteiger partial charge is 0.490 e. The lowest BCUT2D eigenvalue weighted by molar-refractivity contribution is -0.385. The lowest BCUT2D eigenvalue weighted by Crippen LogP contribution is -2.36. The van der Waals surface area contributed by atoms with Gasteiger partial charge in [0, 0.05) is 24.2 Å². The average Bonchev–Trinajstić information content (AvgIpc) is 3.27. The highest BCUT2D eigenvalue weighted by Crippen LogP contribution is 2.32. The van der Waals surface area contributed by atoms with Crippen molar-refractivity contribution in [3.63, 3.8) is 0 Å². The minimum absolute atomic E-state index is 0.142. The molecule has 6 nitrogen and oxygen atoms in total. The van der Waals surface area contributed by atoms with Gasteiger partial charge in [0.2, 0.25) is 0 Å². The molecular weight excluding hydrogens is 272 g/mol. The maximum absolute atomic E-state index is 12.6. The molecule has 0 bridgehead atoms. The van der Waals surface area contributed by atoms with E-state index >= 15 is 0 Å². The molecule has 114 valence electrons. The second-order valence-corrected chi connectivity index (χ2v) is 5.73. The molecule has 1 fully saturated rings. The summed E-state index contributed by atoms with van der Waals surface area (Å²) >= 11 is 0. The van der Waals surface area contributed by atoms with Gasteiger partial charge in [-0.25, -0.2) is 0 Å². The molecule has 1 aliphatic rings.